The Hall–Kier alpha value is -2.57. The first-order chi connectivity index (χ1) is 12.9. The standard InChI is InChI=1S/C20H28N4O3/c1-20(13-18(26)23(2)19(21)22-20)15-7-6-11-24(14-15)17(25)10-12-27-16-8-4-3-5-9-16/h3-5,8-9,15H,6-7,10-14H2,1-2H3,(H2,21,22)/t15?,20-/m0/s1. The highest BCUT2D eigenvalue weighted by molar-refractivity contribution is 5.98. The van der Waals surface area contributed by atoms with Crippen molar-refractivity contribution in [1.29, 1.82) is 5.41 Å². The van der Waals surface area contributed by atoms with Crippen LogP contribution >= 0.6 is 0 Å². The number of para-hydroxylation sites is 1. The molecule has 3 rings (SSSR count). The molecule has 1 aromatic rings. The van der Waals surface area contributed by atoms with Gasteiger partial charge < -0.3 is 15.0 Å². The van der Waals surface area contributed by atoms with Gasteiger partial charge in [0.2, 0.25) is 11.8 Å². The number of nitrogens with zero attached hydrogens (tertiary/aromatic N) is 2. The van der Waals surface area contributed by atoms with Crippen molar-refractivity contribution in [2.45, 2.75) is 38.1 Å². The van der Waals surface area contributed by atoms with Crippen LogP contribution in [-0.2, 0) is 9.59 Å². The summed E-state index contributed by atoms with van der Waals surface area (Å²) in [6, 6.07) is 9.48. The van der Waals surface area contributed by atoms with Gasteiger partial charge in [0.25, 0.3) is 0 Å². The molecule has 0 spiro atoms. The molecule has 7 heteroatoms. The molecule has 146 valence electrons. The number of guanidine groups is 1. The Kier molecular flexibility index (Phi) is 5.68. The van der Waals surface area contributed by atoms with E-state index in [2.05, 4.69) is 5.32 Å². The summed E-state index contributed by atoms with van der Waals surface area (Å²) in [4.78, 5) is 28.0. The highest BCUT2D eigenvalue weighted by atomic mass is 16.5. The maximum atomic E-state index is 12.6. The monoisotopic (exact) mass is 372 g/mol. The molecule has 2 aliphatic rings. The molecule has 7 nitrogen and oxygen atoms in total. The molecule has 2 heterocycles. The second kappa shape index (κ2) is 7.98. The predicted molar refractivity (Wildman–Crippen MR) is 103 cm³/mol. The number of carbonyl (C=O) groups is 2. The van der Waals surface area contributed by atoms with Crippen LogP contribution in [0.4, 0.5) is 0 Å². The van der Waals surface area contributed by atoms with Crippen LogP contribution in [-0.4, -0.2) is 59.9 Å². The van der Waals surface area contributed by atoms with E-state index in [1.165, 1.54) is 4.90 Å². The fraction of sp³-hybridized carbons (Fsp3) is 0.550. The summed E-state index contributed by atoms with van der Waals surface area (Å²) >= 11 is 0. The van der Waals surface area contributed by atoms with Crippen molar-refractivity contribution < 1.29 is 14.3 Å². The summed E-state index contributed by atoms with van der Waals surface area (Å²) in [5, 5.41) is 11.2. The van der Waals surface area contributed by atoms with Gasteiger partial charge in [0.15, 0.2) is 5.96 Å². The first-order valence-electron chi connectivity index (χ1n) is 9.48. The normalized spacial score (nSPS) is 25.9. The van der Waals surface area contributed by atoms with Crippen LogP contribution in [0.15, 0.2) is 30.3 Å². The van der Waals surface area contributed by atoms with Crippen molar-refractivity contribution in [2.24, 2.45) is 5.92 Å². The molecular weight excluding hydrogens is 344 g/mol. The van der Waals surface area contributed by atoms with E-state index in [9.17, 15) is 9.59 Å². The molecule has 2 saturated heterocycles. The molecule has 2 aliphatic heterocycles. The Morgan fingerprint density at radius 3 is 2.81 bits per heavy atom. The van der Waals surface area contributed by atoms with Crippen LogP contribution < -0.4 is 10.1 Å². The number of hydrogen-bond acceptors (Lipinski definition) is 4. The van der Waals surface area contributed by atoms with Crippen LogP contribution in [0.25, 0.3) is 0 Å². The van der Waals surface area contributed by atoms with Crippen molar-refractivity contribution >= 4 is 17.8 Å². The van der Waals surface area contributed by atoms with Crippen LogP contribution in [0.3, 0.4) is 0 Å². The van der Waals surface area contributed by atoms with Gasteiger partial charge in [-0.2, -0.15) is 0 Å². The highest BCUT2D eigenvalue weighted by Gasteiger charge is 2.44. The Labute approximate surface area is 160 Å². The van der Waals surface area contributed by atoms with E-state index in [1.807, 2.05) is 42.2 Å². The summed E-state index contributed by atoms with van der Waals surface area (Å²) < 4.78 is 5.63. The van der Waals surface area contributed by atoms with Gasteiger partial charge in [0.05, 0.1) is 25.0 Å². The Morgan fingerprint density at radius 1 is 1.37 bits per heavy atom. The number of carbonyl (C=O) groups excluding carboxylic acids is 2. The lowest BCUT2D eigenvalue weighted by atomic mass is 9.76. The van der Waals surface area contributed by atoms with Gasteiger partial charge in [0, 0.05) is 20.1 Å². The van der Waals surface area contributed by atoms with Gasteiger partial charge in [-0.05, 0) is 37.8 Å². The average molecular weight is 372 g/mol. The molecule has 2 fully saturated rings. The zero-order chi connectivity index (χ0) is 19.4. The van der Waals surface area contributed by atoms with Gasteiger partial charge in [-0.15, -0.1) is 0 Å². The van der Waals surface area contributed by atoms with E-state index in [0.717, 1.165) is 25.1 Å². The minimum Gasteiger partial charge on any atom is -0.493 e. The van der Waals surface area contributed by atoms with Gasteiger partial charge in [0.1, 0.15) is 5.75 Å². The van der Waals surface area contributed by atoms with E-state index in [0.29, 0.717) is 26.0 Å². The molecule has 2 N–H and O–H groups in total. The molecule has 1 unspecified atom stereocenters. The predicted octanol–water partition coefficient (Wildman–Crippen LogP) is 1.84. The SMILES string of the molecule is CN1C(=N)N[C@](C)(C2CCCN(C(=O)CCOc3ccccc3)C2)CC1=O. The minimum absolute atomic E-state index is 0.0547. The summed E-state index contributed by atoms with van der Waals surface area (Å²) in [6.07, 6.45) is 2.53. The number of amides is 2. The summed E-state index contributed by atoms with van der Waals surface area (Å²) in [6.45, 7) is 3.69. The number of piperidine rings is 1. The van der Waals surface area contributed by atoms with Gasteiger partial charge in [-0.3, -0.25) is 19.9 Å². The van der Waals surface area contributed by atoms with Gasteiger partial charge in [-0.25, -0.2) is 0 Å². The molecule has 0 aromatic heterocycles. The quantitative estimate of drug-likeness (QED) is 0.826. The average Bonchev–Trinajstić information content (AvgIpc) is 2.67. The summed E-state index contributed by atoms with van der Waals surface area (Å²) in [5.74, 6) is 1.06. The smallest absolute Gasteiger partial charge is 0.231 e. The Balaban J connectivity index is 1.54. The molecule has 1 aromatic carbocycles. The van der Waals surface area contributed by atoms with Crippen molar-refractivity contribution in [3.63, 3.8) is 0 Å². The van der Waals surface area contributed by atoms with Crippen molar-refractivity contribution in [2.75, 3.05) is 26.7 Å². The van der Waals surface area contributed by atoms with Gasteiger partial charge >= 0.3 is 0 Å². The molecule has 0 saturated carbocycles. The zero-order valence-corrected chi connectivity index (χ0v) is 16.0. The van der Waals surface area contributed by atoms with Crippen LogP contribution in [0, 0.1) is 11.3 Å². The lowest BCUT2D eigenvalue weighted by Crippen LogP contribution is -2.65. The number of hydrogen-bond donors (Lipinski definition) is 2. The third-order valence-corrected chi connectivity index (χ3v) is 5.63. The first kappa shape index (κ1) is 19.2. The molecule has 27 heavy (non-hydrogen) atoms. The second-order valence-electron chi connectivity index (χ2n) is 7.61. The van der Waals surface area contributed by atoms with Gasteiger partial charge in [-0.1, -0.05) is 18.2 Å². The van der Waals surface area contributed by atoms with E-state index < -0.39 is 5.54 Å². The Morgan fingerprint density at radius 2 is 2.11 bits per heavy atom. The Bertz CT molecular complexity index is 688. The fourth-order valence-electron chi connectivity index (χ4n) is 3.86. The molecule has 2 atom stereocenters. The molecule has 0 aliphatic carbocycles. The molecule has 0 bridgehead atoms. The van der Waals surface area contributed by atoms with E-state index in [4.69, 9.17) is 10.1 Å². The number of benzene rings is 1. The zero-order valence-electron chi connectivity index (χ0n) is 16.0. The molecule has 2 amide bonds. The summed E-state index contributed by atoms with van der Waals surface area (Å²) in [7, 11) is 1.61. The molecular formula is C20H28N4O3. The van der Waals surface area contributed by atoms with Crippen molar-refractivity contribution in [3.8, 4) is 5.75 Å². The van der Waals surface area contributed by atoms with E-state index >= 15 is 0 Å². The highest BCUT2D eigenvalue weighted by Crippen LogP contribution is 2.32. The lowest BCUT2D eigenvalue weighted by Gasteiger charge is -2.47. The van der Waals surface area contributed by atoms with Crippen LogP contribution in [0.2, 0.25) is 0 Å². The number of rotatable bonds is 5. The maximum Gasteiger partial charge on any atom is 0.231 e. The number of likely N-dealkylation sites (tertiary alicyclic amines) is 1. The van der Waals surface area contributed by atoms with E-state index in [1.54, 1.807) is 7.05 Å². The van der Waals surface area contributed by atoms with Crippen LogP contribution in [0.1, 0.15) is 32.6 Å². The molecule has 0 radical (unpaired) electrons. The third-order valence-electron chi connectivity index (χ3n) is 5.63. The maximum absolute atomic E-state index is 12.6. The minimum atomic E-state index is -0.486. The topological polar surface area (TPSA) is 85.7 Å². The summed E-state index contributed by atoms with van der Waals surface area (Å²) in [5.41, 5.74) is -0.486. The lowest BCUT2D eigenvalue weighted by molar-refractivity contribution is -0.135. The number of nitrogens with one attached hydrogen (secondary N) is 2. The van der Waals surface area contributed by atoms with Crippen LogP contribution in [0.5, 0.6) is 5.75 Å². The van der Waals surface area contributed by atoms with Crippen molar-refractivity contribution in [1.82, 2.24) is 15.1 Å². The fourth-order valence-corrected chi connectivity index (χ4v) is 3.86. The first-order valence-corrected chi connectivity index (χ1v) is 9.48. The largest absolute Gasteiger partial charge is 0.493 e. The number of ether oxygens (including phenoxy) is 1. The van der Waals surface area contributed by atoms with Crippen molar-refractivity contribution in [3.05, 3.63) is 30.3 Å². The van der Waals surface area contributed by atoms with E-state index in [-0.39, 0.29) is 23.7 Å². The third kappa shape index (κ3) is 4.40. The second-order valence-corrected chi connectivity index (χ2v) is 7.61.